The first-order valence-corrected chi connectivity index (χ1v) is 6.00. The highest BCUT2D eigenvalue weighted by Gasteiger charge is 2.48. The first-order valence-electron chi connectivity index (χ1n) is 6.00. The number of fused-ring (bicyclic) bond motifs is 2. The fourth-order valence-electron chi connectivity index (χ4n) is 3.20. The van der Waals surface area contributed by atoms with Crippen LogP contribution in [0.1, 0.15) is 18.4 Å². The summed E-state index contributed by atoms with van der Waals surface area (Å²) in [7, 11) is 0. The van der Waals surface area contributed by atoms with Gasteiger partial charge in [-0.05, 0) is 31.5 Å². The Hall–Kier alpha value is -1.00. The van der Waals surface area contributed by atoms with Gasteiger partial charge in [-0.3, -0.25) is 0 Å². The molecule has 2 nitrogen and oxygen atoms in total. The Bertz CT molecular complexity index is 431. The van der Waals surface area contributed by atoms with Crippen molar-refractivity contribution in [2.24, 2.45) is 5.92 Å². The number of piperidine rings is 1. The van der Waals surface area contributed by atoms with Gasteiger partial charge in [0.25, 0.3) is 0 Å². The zero-order valence-corrected chi connectivity index (χ0v) is 9.50. The predicted octanol–water partition coefficient (Wildman–Crippen LogP) is 1.88. The summed E-state index contributed by atoms with van der Waals surface area (Å²) in [4.78, 5) is 2.23. The van der Waals surface area contributed by atoms with Crippen LogP contribution in [0, 0.1) is 17.6 Å². The molecule has 0 spiro atoms. The Morgan fingerprint density at radius 3 is 2.65 bits per heavy atom. The van der Waals surface area contributed by atoms with Gasteiger partial charge in [0, 0.05) is 19.0 Å². The fourth-order valence-corrected chi connectivity index (χ4v) is 3.20. The Balaban J connectivity index is 2.07. The summed E-state index contributed by atoms with van der Waals surface area (Å²) in [5, 5.41) is 10.7. The topological polar surface area (TPSA) is 23.5 Å². The first-order chi connectivity index (χ1) is 8.11. The van der Waals surface area contributed by atoms with Crippen molar-refractivity contribution in [1.29, 1.82) is 0 Å². The van der Waals surface area contributed by atoms with Crippen molar-refractivity contribution < 1.29 is 13.9 Å². The second kappa shape index (κ2) is 3.75. The van der Waals surface area contributed by atoms with Gasteiger partial charge in [-0.1, -0.05) is 6.07 Å². The minimum absolute atomic E-state index is 0.0531. The van der Waals surface area contributed by atoms with Crippen molar-refractivity contribution >= 4 is 0 Å². The maximum atomic E-state index is 13.8. The molecule has 2 bridgehead atoms. The number of hydrogen-bond donors (Lipinski definition) is 1. The van der Waals surface area contributed by atoms with Gasteiger partial charge in [0.1, 0.15) is 17.2 Å². The van der Waals surface area contributed by atoms with Crippen LogP contribution >= 0.6 is 0 Å². The highest BCUT2D eigenvalue weighted by atomic mass is 19.1. The number of hydrogen-bond acceptors (Lipinski definition) is 2. The summed E-state index contributed by atoms with van der Waals surface area (Å²) in [6.07, 6.45) is 1.22. The van der Waals surface area contributed by atoms with E-state index >= 15 is 0 Å². The van der Waals surface area contributed by atoms with E-state index in [9.17, 15) is 13.9 Å². The molecule has 1 aromatic rings. The molecule has 2 fully saturated rings. The van der Waals surface area contributed by atoms with Crippen LogP contribution in [0.15, 0.2) is 18.2 Å². The van der Waals surface area contributed by atoms with E-state index in [-0.39, 0.29) is 11.5 Å². The molecule has 0 saturated carbocycles. The molecule has 0 radical (unpaired) electrons. The fraction of sp³-hybridized carbons (Fsp3) is 0.538. The van der Waals surface area contributed by atoms with Crippen molar-refractivity contribution in [3.63, 3.8) is 0 Å². The van der Waals surface area contributed by atoms with Crippen LogP contribution < -0.4 is 0 Å². The summed E-state index contributed by atoms with van der Waals surface area (Å²) in [6, 6.07) is 3.77. The van der Waals surface area contributed by atoms with Crippen LogP contribution in [0.2, 0.25) is 0 Å². The van der Waals surface area contributed by atoms with E-state index in [1.54, 1.807) is 0 Å². The smallest absolute Gasteiger partial charge is 0.132 e. The second-order valence-electron chi connectivity index (χ2n) is 5.06. The summed E-state index contributed by atoms with van der Waals surface area (Å²) < 4.78 is 27.6. The molecule has 3 rings (SSSR count). The maximum absolute atomic E-state index is 13.8. The van der Waals surface area contributed by atoms with E-state index in [1.165, 1.54) is 18.2 Å². The first kappa shape index (κ1) is 11.1. The zero-order chi connectivity index (χ0) is 12.0. The quantitative estimate of drug-likeness (QED) is 0.808. The molecule has 0 aliphatic carbocycles. The standard InChI is InChI=1S/C13H15F2NO/c14-10-2-1-3-11(15)12(10)13(17)5-7-16-6-4-9(13)8-16/h1-3,9,17H,4-8H2. The van der Waals surface area contributed by atoms with Crippen LogP contribution in [0.25, 0.3) is 0 Å². The molecule has 2 aliphatic rings. The van der Waals surface area contributed by atoms with E-state index in [0.29, 0.717) is 13.0 Å². The maximum Gasteiger partial charge on any atom is 0.132 e. The number of rotatable bonds is 1. The Labute approximate surface area is 98.9 Å². The summed E-state index contributed by atoms with van der Waals surface area (Å²) in [6.45, 7) is 2.37. The van der Waals surface area contributed by atoms with Crippen LogP contribution in [-0.4, -0.2) is 29.6 Å². The molecule has 1 N–H and O–H groups in total. The second-order valence-corrected chi connectivity index (χ2v) is 5.06. The molecule has 2 aliphatic heterocycles. The molecule has 0 aromatic heterocycles. The van der Waals surface area contributed by atoms with Gasteiger partial charge in [0.2, 0.25) is 0 Å². The highest BCUT2D eigenvalue weighted by molar-refractivity contribution is 5.28. The van der Waals surface area contributed by atoms with E-state index in [4.69, 9.17) is 0 Å². The molecule has 92 valence electrons. The summed E-state index contributed by atoms with van der Waals surface area (Å²) in [5.41, 5.74) is -1.46. The summed E-state index contributed by atoms with van der Waals surface area (Å²) >= 11 is 0. The lowest BCUT2D eigenvalue weighted by Crippen LogP contribution is -2.45. The van der Waals surface area contributed by atoms with E-state index in [0.717, 1.165) is 19.5 Å². The van der Waals surface area contributed by atoms with Gasteiger partial charge in [0.05, 0.1) is 5.56 Å². The Morgan fingerprint density at radius 1 is 1.24 bits per heavy atom. The minimum Gasteiger partial charge on any atom is -0.385 e. The largest absolute Gasteiger partial charge is 0.385 e. The third-order valence-corrected chi connectivity index (χ3v) is 4.15. The van der Waals surface area contributed by atoms with Crippen LogP contribution in [0.3, 0.4) is 0 Å². The molecule has 2 saturated heterocycles. The van der Waals surface area contributed by atoms with Crippen molar-refractivity contribution in [3.05, 3.63) is 35.4 Å². The van der Waals surface area contributed by atoms with Gasteiger partial charge >= 0.3 is 0 Å². The van der Waals surface area contributed by atoms with Crippen molar-refractivity contribution in [3.8, 4) is 0 Å². The van der Waals surface area contributed by atoms with E-state index in [2.05, 4.69) is 4.90 Å². The SMILES string of the molecule is OC1(c2c(F)cccc2F)CCN2CCC1C2. The number of benzene rings is 1. The van der Waals surface area contributed by atoms with Gasteiger partial charge < -0.3 is 10.0 Å². The van der Waals surface area contributed by atoms with Gasteiger partial charge in [-0.25, -0.2) is 8.78 Å². The Kier molecular flexibility index (Phi) is 2.45. The van der Waals surface area contributed by atoms with E-state index < -0.39 is 17.2 Å². The van der Waals surface area contributed by atoms with Gasteiger partial charge in [-0.2, -0.15) is 0 Å². The third kappa shape index (κ3) is 1.58. The predicted molar refractivity (Wildman–Crippen MR) is 59.4 cm³/mol. The van der Waals surface area contributed by atoms with Crippen molar-refractivity contribution in [1.82, 2.24) is 4.90 Å². The normalized spacial score (nSPS) is 36.2. The molecule has 0 amide bonds. The lowest BCUT2D eigenvalue weighted by atomic mass is 9.76. The average molecular weight is 239 g/mol. The molecule has 1 aromatic carbocycles. The minimum atomic E-state index is -1.33. The number of nitrogens with zero attached hydrogens (tertiary/aromatic N) is 1. The molecule has 4 heteroatoms. The molecule has 3 atom stereocenters. The van der Waals surface area contributed by atoms with Crippen LogP contribution in [0.4, 0.5) is 8.78 Å². The molecule has 2 heterocycles. The highest BCUT2D eigenvalue weighted by Crippen LogP contribution is 2.44. The molecule has 3 unspecified atom stereocenters. The third-order valence-electron chi connectivity index (χ3n) is 4.15. The number of halogens is 2. The Morgan fingerprint density at radius 2 is 1.94 bits per heavy atom. The van der Waals surface area contributed by atoms with Crippen LogP contribution in [-0.2, 0) is 5.60 Å². The molecular formula is C13H15F2NO. The number of aliphatic hydroxyl groups is 1. The van der Waals surface area contributed by atoms with Crippen molar-refractivity contribution in [2.75, 3.05) is 19.6 Å². The molecular weight excluding hydrogens is 224 g/mol. The average Bonchev–Trinajstić information content (AvgIpc) is 2.69. The zero-order valence-electron chi connectivity index (χ0n) is 9.50. The molecule has 17 heavy (non-hydrogen) atoms. The van der Waals surface area contributed by atoms with Crippen LogP contribution in [0.5, 0.6) is 0 Å². The van der Waals surface area contributed by atoms with Crippen molar-refractivity contribution in [2.45, 2.75) is 18.4 Å². The lowest BCUT2D eigenvalue weighted by molar-refractivity contribution is -0.0554. The monoisotopic (exact) mass is 239 g/mol. The van der Waals surface area contributed by atoms with E-state index in [1.807, 2.05) is 0 Å². The van der Waals surface area contributed by atoms with Gasteiger partial charge in [0.15, 0.2) is 0 Å². The lowest BCUT2D eigenvalue weighted by Gasteiger charge is -2.39. The van der Waals surface area contributed by atoms with Gasteiger partial charge in [-0.15, -0.1) is 0 Å². The summed E-state index contributed by atoms with van der Waals surface area (Å²) in [5.74, 6) is -1.32.